The fraction of sp³-hybridized carbons (Fsp3) is 0.364. The van der Waals surface area contributed by atoms with Crippen LogP contribution in [-0.2, 0) is 6.54 Å². The van der Waals surface area contributed by atoms with Crippen molar-refractivity contribution in [3.63, 3.8) is 0 Å². The zero-order valence-electron chi connectivity index (χ0n) is 16.1. The Balaban J connectivity index is 1.42. The first-order valence-corrected chi connectivity index (χ1v) is 10.3. The highest BCUT2D eigenvalue weighted by atomic mass is 35.5. The van der Waals surface area contributed by atoms with Gasteiger partial charge in [-0.05, 0) is 74.1 Å². The molecule has 0 atom stereocenters. The van der Waals surface area contributed by atoms with Crippen LogP contribution in [0.4, 0.5) is 0 Å². The first-order valence-electron chi connectivity index (χ1n) is 9.58. The van der Waals surface area contributed by atoms with Crippen molar-refractivity contribution < 1.29 is 4.79 Å². The second-order valence-corrected chi connectivity index (χ2v) is 8.59. The summed E-state index contributed by atoms with van der Waals surface area (Å²) >= 11 is 12.1. The molecule has 2 heterocycles. The molecular formula is C22H23Cl2N3O. The van der Waals surface area contributed by atoms with Crippen LogP contribution in [0.5, 0.6) is 0 Å². The topological polar surface area (TPSA) is 38.1 Å². The molecule has 4 rings (SSSR count). The van der Waals surface area contributed by atoms with Gasteiger partial charge in [0.25, 0.3) is 5.91 Å². The number of fused-ring (bicyclic) bond motifs is 1. The van der Waals surface area contributed by atoms with Crippen molar-refractivity contribution >= 4 is 40.1 Å². The highest BCUT2D eigenvalue weighted by Crippen LogP contribution is 2.26. The van der Waals surface area contributed by atoms with Crippen LogP contribution in [0.2, 0.25) is 10.0 Å². The zero-order valence-corrected chi connectivity index (χ0v) is 17.6. The standard InChI is InChI=1S/C22H23Cl2N3O/c1-14-7-20-21(8-15(14)2)27(13-25-20)12-16-3-5-26(6-4-16)22(28)17-9-18(23)11-19(24)10-17/h7-11,13,16H,3-6,12H2,1-2H3. The molecule has 6 heteroatoms. The quantitative estimate of drug-likeness (QED) is 0.565. The summed E-state index contributed by atoms with van der Waals surface area (Å²) in [5.41, 5.74) is 5.35. The minimum Gasteiger partial charge on any atom is -0.339 e. The maximum atomic E-state index is 12.8. The number of amides is 1. The summed E-state index contributed by atoms with van der Waals surface area (Å²) in [5, 5.41) is 0.978. The first-order chi connectivity index (χ1) is 13.4. The van der Waals surface area contributed by atoms with Crippen LogP contribution in [0.15, 0.2) is 36.7 Å². The molecule has 1 aromatic heterocycles. The highest BCUT2D eigenvalue weighted by molar-refractivity contribution is 6.35. The van der Waals surface area contributed by atoms with Crippen LogP contribution in [0.1, 0.15) is 34.3 Å². The maximum Gasteiger partial charge on any atom is 0.253 e. The van der Waals surface area contributed by atoms with Gasteiger partial charge in [0, 0.05) is 35.2 Å². The Morgan fingerprint density at radius 3 is 2.36 bits per heavy atom. The van der Waals surface area contributed by atoms with Crippen molar-refractivity contribution in [1.29, 1.82) is 0 Å². The lowest BCUT2D eigenvalue weighted by Gasteiger charge is -2.32. The number of imidazole rings is 1. The van der Waals surface area contributed by atoms with Crippen LogP contribution in [0.25, 0.3) is 11.0 Å². The van der Waals surface area contributed by atoms with E-state index in [9.17, 15) is 4.79 Å². The minimum atomic E-state index is 0.00188. The van der Waals surface area contributed by atoms with Crippen molar-refractivity contribution in [2.45, 2.75) is 33.2 Å². The summed E-state index contributed by atoms with van der Waals surface area (Å²) in [7, 11) is 0. The van der Waals surface area contributed by atoms with Crippen LogP contribution in [0.3, 0.4) is 0 Å². The van der Waals surface area contributed by atoms with E-state index >= 15 is 0 Å². The Kier molecular flexibility index (Phi) is 5.35. The number of carbonyl (C=O) groups is 1. The molecular weight excluding hydrogens is 393 g/mol. The van der Waals surface area contributed by atoms with Crippen molar-refractivity contribution in [2.75, 3.05) is 13.1 Å². The Labute approximate surface area is 175 Å². The second-order valence-electron chi connectivity index (χ2n) is 7.72. The van der Waals surface area contributed by atoms with Crippen LogP contribution in [-0.4, -0.2) is 33.4 Å². The molecule has 2 aromatic carbocycles. The Morgan fingerprint density at radius 2 is 1.68 bits per heavy atom. The van der Waals surface area contributed by atoms with Gasteiger partial charge in [0.2, 0.25) is 0 Å². The largest absolute Gasteiger partial charge is 0.339 e. The lowest BCUT2D eigenvalue weighted by molar-refractivity contribution is 0.0683. The van der Waals surface area contributed by atoms with E-state index in [1.807, 2.05) is 11.2 Å². The van der Waals surface area contributed by atoms with Crippen LogP contribution >= 0.6 is 23.2 Å². The lowest BCUT2D eigenvalue weighted by atomic mass is 9.96. The van der Waals surface area contributed by atoms with E-state index in [2.05, 4.69) is 35.5 Å². The van der Waals surface area contributed by atoms with Crippen LogP contribution < -0.4 is 0 Å². The van der Waals surface area contributed by atoms with Crippen molar-refractivity contribution in [3.8, 4) is 0 Å². The first kappa shape index (κ1) is 19.3. The van der Waals surface area contributed by atoms with Gasteiger partial charge in [0.1, 0.15) is 0 Å². The van der Waals surface area contributed by atoms with Gasteiger partial charge >= 0.3 is 0 Å². The summed E-state index contributed by atoms with van der Waals surface area (Å²) in [6.07, 6.45) is 3.89. The summed E-state index contributed by atoms with van der Waals surface area (Å²) < 4.78 is 2.25. The molecule has 0 saturated carbocycles. The molecule has 0 aliphatic carbocycles. The van der Waals surface area contributed by atoms with Gasteiger partial charge in [-0.2, -0.15) is 0 Å². The van der Waals surface area contributed by atoms with Crippen molar-refractivity contribution in [1.82, 2.24) is 14.5 Å². The van der Waals surface area contributed by atoms with E-state index in [-0.39, 0.29) is 5.91 Å². The van der Waals surface area contributed by atoms with E-state index in [4.69, 9.17) is 23.2 Å². The molecule has 1 aliphatic rings. The molecule has 1 saturated heterocycles. The fourth-order valence-electron chi connectivity index (χ4n) is 3.92. The van der Waals surface area contributed by atoms with E-state index in [1.165, 1.54) is 16.6 Å². The van der Waals surface area contributed by atoms with Crippen molar-refractivity contribution in [2.24, 2.45) is 5.92 Å². The number of aryl methyl sites for hydroxylation is 2. The average molecular weight is 416 g/mol. The number of piperidine rings is 1. The molecule has 3 aromatic rings. The number of benzene rings is 2. The predicted molar refractivity (Wildman–Crippen MR) is 114 cm³/mol. The third kappa shape index (κ3) is 3.89. The molecule has 4 nitrogen and oxygen atoms in total. The fourth-order valence-corrected chi connectivity index (χ4v) is 4.44. The van der Waals surface area contributed by atoms with E-state index in [0.29, 0.717) is 21.5 Å². The number of carbonyl (C=O) groups excluding carboxylic acids is 1. The molecule has 0 bridgehead atoms. The Bertz CT molecular complexity index is 1020. The monoisotopic (exact) mass is 415 g/mol. The third-order valence-electron chi connectivity index (χ3n) is 5.70. The van der Waals surface area contributed by atoms with Gasteiger partial charge in [-0.1, -0.05) is 23.2 Å². The molecule has 1 aliphatic heterocycles. The van der Waals surface area contributed by atoms with Gasteiger partial charge in [0.15, 0.2) is 0 Å². The molecule has 0 unspecified atom stereocenters. The highest BCUT2D eigenvalue weighted by Gasteiger charge is 2.24. The molecule has 28 heavy (non-hydrogen) atoms. The zero-order chi connectivity index (χ0) is 19.8. The number of likely N-dealkylation sites (tertiary alicyclic amines) is 1. The summed E-state index contributed by atoms with van der Waals surface area (Å²) in [5.74, 6) is 0.535. The summed E-state index contributed by atoms with van der Waals surface area (Å²) in [6, 6.07) is 9.39. The number of hydrogen-bond donors (Lipinski definition) is 0. The predicted octanol–water partition coefficient (Wildman–Crippen LogP) is 5.51. The smallest absolute Gasteiger partial charge is 0.253 e. The molecule has 1 amide bonds. The number of halogens is 2. The Morgan fingerprint density at radius 1 is 1.04 bits per heavy atom. The average Bonchev–Trinajstić information content (AvgIpc) is 3.03. The third-order valence-corrected chi connectivity index (χ3v) is 6.14. The van der Waals surface area contributed by atoms with E-state index in [1.54, 1.807) is 18.2 Å². The lowest BCUT2D eigenvalue weighted by Crippen LogP contribution is -2.39. The number of nitrogens with zero attached hydrogens (tertiary/aromatic N) is 3. The Hall–Kier alpha value is -2.04. The normalized spacial score (nSPS) is 15.4. The second kappa shape index (κ2) is 7.76. The maximum absolute atomic E-state index is 12.8. The molecule has 146 valence electrons. The minimum absolute atomic E-state index is 0.00188. The van der Waals surface area contributed by atoms with Gasteiger partial charge in [-0.15, -0.1) is 0 Å². The van der Waals surface area contributed by atoms with E-state index in [0.717, 1.165) is 38.0 Å². The number of rotatable bonds is 3. The van der Waals surface area contributed by atoms with Gasteiger partial charge in [-0.25, -0.2) is 4.98 Å². The van der Waals surface area contributed by atoms with Gasteiger partial charge < -0.3 is 9.47 Å². The van der Waals surface area contributed by atoms with E-state index < -0.39 is 0 Å². The molecule has 1 fully saturated rings. The number of hydrogen-bond acceptors (Lipinski definition) is 2. The van der Waals surface area contributed by atoms with Crippen LogP contribution in [0, 0.1) is 19.8 Å². The molecule has 0 spiro atoms. The van der Waals surface area contributed by atoms with Crippen molar-refractivity contribution in [3.05, 3.63) is 63.4 Å². The van der Waals surface area contributed by atoms with Gasteiger partial charge in [0.05, 0.1) is 17.4 Å². The SMILES string of the molecule is Cc1cc2ncn(CC3CCN(C(=O)c4cc(Cl)cc(Cl)c4)CC3)c2cc1C. The molecule has 0 N–H and O–H groups in total. The molecule has 0 radical (unpaired) electrons. The van der Waals surface area contributed by atoms with Gasteiger partial charge in [-0.3, -0.25) is 4.79 Å². The summed E-state index contributed by atoms with van der Waals surface area (Å²) in [6.45, 7) is 6.69. The number of aromatic nitrogens is 2. The summed E-state index contributed by atoms with van der Waals surface area (Å²) in [4.78, 5) is 19.2.